The first-order valence-corrected chi connectivity index (χ1v) is 8.29. The first-order valence-electron chi connectivity index (χ1n) is 7.06. The zero-order valence-corrected chi connectivity index (χ0v) is 14.3. The summed E-state index contributed by atoms with van der Waals surface area (Å²) in [6, 6.07) is 10.3. The summed E-state index contributed by atoms with van der Waals surface area (Å²) in [4.78, 5) is 24.8. The Bertz CT molecular complexity index is 873. The zero-order chi connectivity index (χ0) is 17.3. The highest BCUT2D eigenvalue weighted by Crippen LogP contribution is 2.31. The standard InChI is InChI=1S/C16H13N3O3S2/c1-17-15(20)14(24-16(17)23)9-12-6-4-8-18(12)10-11-5-2-3-7-13(11)19(21)22/h2-9H,10H2,1H3/b14-9+. The number of carbonyl (C=O) groups excluding carboxylic acids is 1. The highest BCUT2D eigenvalue weighted by molar-refractivity contribution is 8.26. The van der Waals surface area contributed by atoms with Gasteiger partial charge in [0.2, 0.25) is 0 Å². The van der Waals surface area contributed by atoms with Crippen molar-refractivity contribution in [3.05, 3.63) is 68.9 Å². The van der Waals surface area contributed by atoms with Gasteiger partial charge in [-0.25, -0.2) is 0 Å². The summed E-state index contributed by atoms with van der Waals surface area (Å²) in [5.74, 6) is -0.136. The molecule has 122 valence electrons. The van der Waals surface area contributed by atoms with E-state index in [0.717, 1.165) is 5.69 Å². The second kappa shape index (κ2) is 6.58. The predicted octanol–water partition coefficient (Wildman–Crippen LogP) is 3.28. The molecule has 0 spiro atoms. The molecule has 0 bridgehead atoms. The van der Waals surface area contributed by atoms with Crippen LogP contribution in [0.4, 0.5) is 5.69 Å². The molecule has 8 heteroatoms. The smallest absolute Gasteiger partial charge is 0.274 e. The molecule has 0 unspecified atom stereocenters. The third kappa shape index (κ3) is 3.10. The van der Waals surface area contributed by atoms with E-state index < -0.39 is 0 Å². The number of thiocarbonyl (C=S) groups is 1. The van der Waals surface area contributed by atoms with Crippen molar-refractivity contribution in [1.29, 1.82) is 0 Å². The van der Waals surface area contributed by atoms with Gasteiger partial charge < -0.3 is 4.57 Å². The fourth-order valence-corrected chi connectivity index (χ4v) is 3.55. The van der Waals surface area contributed by atoms with Crippen LogP contribution in [-0.2, 0) is 11.3 Å². The van der Waals surface area contributed by atoms with Gasteiger partial charge in [0.15, 0.2) is 0 Å². The van der Waals surface area contributed by atoms with Crippen LogP contribution in [0.15, 0.2) is 47.5 Å². The average Bonchev–Trinajstić information content (AvgIpc) is 3.08. The van der Waals surface area contributed by atoms with E-state index in [9.17, 15) is 14.9 Å². The molecule has 0 N–H and O–H groups in total. The number of amides is 1. The van der Waals surface area contributed by atoms with Crippen LogP contribution in [0.1, 0.15) is 11.3 Å². The quantitative estimate of drug-likeness (QED) is 0.363. The van der Waals surface area contributed by atoms with E-state index in [4.69, 9.17) is 12.2 Å². The summed E-state index contributed by atoms with van der Waals surface area (Å²) in [5, 5.41) is 11.1. The normalized spacial score (nSPS) is 16.2. The van der Waals surface area contributed by atoms with Gasteiger partial charge in [0.1, 0.15) is 4.32 Å². The van der Waals surface area contributed by atoms with Gasteiger partial charge in [-0.1, -0.05) is 42.2 Å². The van der Waals surface area contributed by atoms with Crippen molar-refractivity contribution in [3.63, 3.8) is 0 Å². The van der Waals surface area contributed by atoms with Crippen LogP contribution in [-0.4, -0.2) is 31.7 Å². The third-order valence-electron chi connectivity index (χ3n) is 3.66. The lowest BCUT2D eigenvalue weighted by molar-refractivity contribution is -0.385. The summed E-state index contributed by atoms with van der Waals surface area (Å²) >= 11 is 6.37. The van der Waals surface area contributed by atoms with Crippen molar-refractivity contribution < 1.29 is 9.72 Å². The Balaban J connectivity index is 1.91. The van der Waals surface area contributed by atoms with Gasteiger partial charge in [0, 0.05) is 30.6 Å². The molecule has 0 saturated carbocycles. The van der Waals surface area contributed by atoms with Gasteiger partial charge in [-0.05, 0) is 18.2 Å². The van der Waals surface area contributed by atoms with Crippen molar-refractivity contribution in [3.8, 4) is 0 Å². The van der Waals surface area contributed by atoms with Gasteiger partial charge in [0.25, 0.3) is 11.6 Å². The Labute approximate surface area is 147 Å². The topological polar surface area (TPSA) is 68.4 Å². The molecule has 1 saturated heterocycles. The summed E-state index contributed by atoms with van der Waals surface area (Å²) in [6.07, 6.45) is 3.59. The third-order valence-corrected chi connectivity index (χ3v) is 5.14. The van der Waals surface area contributed by atoms with Crippen LogP contribution in [0.5, 0.6) is 0 Å². The van der Waals surface area contributed by atoms with Crippen LogP contribution in [0.25, 0.3) is 6.08 Å². The molecule has 1 aromatic heterocycles. The molecule has 2 heterocycles. The van der Waals surface area contributed by atoms with Gasteiger partial charge >= 0.3 is 0 Å². The van der Waals surface area contributed by atoms with Crippen LogP contribution < -0.4 is 0 Å². The Hall–Kier alpha value is -2.45. The number of aromatic nitrogens is 1. The lowest BCUT2D eigenvalue weighted by Crippen LogP contribution is -2.22. The van der Waals surface area contributed by atoms with Crippen LogP contribution in [0.3, 0.4) is 0 Å². The average molecular weight is 359 g/mol. The maximum absolute atomic E-state index is 12.1. The summed E-state index contributed by atoms with van der Waals surface area (Å²) in [7, 11) is 1.64. The van der Waals surface area contributed by atoms with Crippen molar-refractivity contribution in [2.45, 2.75) is 6.54 Å². The second-order valence-corrected chi connectivity index (χ2v) is 6.86. The molecule has 1 aliphatic rings. The van der Waals surface area contributed by atoms with E-state index in [1.54, 1.807) is 31.3 Å². The number of benzene rings is 1. The number of nitro groups is 1. The molecule has 0 radical (unpaired) electrons. The predicted molar refractivity (Wildman–Crippen MR) is 97.6 cm³/mol. The number of likely N-dealkylation sites (N-methyl/N-ethyl adjacent to an activating group) is 1. The zero-order valence-electron chi connectivity index (χ0n) is 12.7. The number of hydrogen-bond donors (Lipinski definition) is 0. The van der Waals surface area contributed by atoms with Gasteiger partial charge in [0.05, 0.1) is 16.4 Å². The minimum Gasteiger partial charge on any atom is -0.343 e. The molecule has 24 heavy (non-hydrogen) atoms. The number of nitrogens with zero attached hydrogens (tertiary/aromatic N) is 3. The van der Waals surface area contributed by atoms with Crippen molar-refractivity contribution in [2.24, 2.45) is 0 Å². The van der Waals surface area contributed by atoms with E-state index in [1.165, 1.54) is 22.7 Å². The molecule has 1 amide bonds. The molecule has 1 aliphatic heterocycles. The summed E-state index contributed by atoms with van der Waals surface area (Å²) in [5.41, 5.74) is 1.48. The fourth-order valence-electron chi connectivity index (χ4n) is 2.39. The van der Waals surface area contributed by atoms with Crippen LogP contribution in [0.2, 0.25) is 0 Å². The number of nitro benzene ring substituents is 1. The van der Waals surface area contributed by atoms with Crippen LogP contribution in [0, 0.1) is 10.1 Å². The second-order valence-electron chi connectivity index (χ2n) is 5.19. The number of rotatable bonds is 4. The summed E-state index contributed by atoms with van der Waals surface area (Å²) in [6.45, 7) is 0.350. The van der Waals surface area contributed by atoms with Gasteiger partial charge in [-0.2, -0.15) is 0 Å². The van der Waals surface area contributed by atoms with E-state index >= 15 is 0 Å². The maximum atomic E-state index is 12.1. The first-order chi connectivity index (χ1) is 11.5. The minimum atomic E-state index is -0.388. The first kappa shape index (κ1) is 16.4. The lowest BCUT2D eigenvalue weighted by Gasteiger charge is -2.08. The van der Waals surface area contributed by atoms with E-state index in [0.29, 0.717) is 21.3 Å². The van der Waals surface area contributed by atoms with Gasteiger partial charge in [-0.3, -0.25) is 19.8 Å². The van der Waals surface area contributed by atoms with Crippen molar-refractivity contribution in [2.75, 3.05) is 7.05 Å². The highest BCUT2D eigenvalue weighted by Gasteiger charge is 2.28. The van der Waals surface area contributed by atoms with Crippen molar-refractivity contribution >= 4 is 46.0 Å². The molecule has 1 aromatic carbocycles. The molecule has 0 aliphatic carbocycles. The maximum Gasteiger partial charge on any atom is 0.274 e. The Morgan fingerprint density at radius 2 is 2.04 bits per heavy atom. The molecular formula is C16H13N3O3S2. The van der Waals surface area contributed by atoms with Crippen molar-refractivity contribution in [1.82, 2.24) is 9.47 Å². The van der Waals surface area contributed by atoms with E-state index in [1.807, 2.05) is 22.9 Å². The Kier molecular flexibility index (Phi) is 4.50. The Morgan fingerprint density at radius 1 is 1.29 bits per heavy atom. The molecular weight excluding hydrogens is 346 g/mol. The minimum absolute atomic E-state index is 0.0806. The fraction of sp³-hybridized carbons (Fsp3) is 0.125. The summed E-state index contributed by atoms with van der Waals surface area (Å²) < 4.78 is 2.38. The molecule has 2 aromatic rings. The Morgan fingerprint density at radius 3 is 2.71 bits per heavy atom. The number of hydrogen-bond acceptors (Lipinski definition) is 5. The lowest BCUT2D eigenvalue weighted by atomic mass is 10.2. The molecule has 3 rings (SSSR count). The number of carbonyl (C=O) groups is 1. The van der Waals surface area contributed by atoms with Gasteiger partial charge in [-0.15, -0.1) is 0 Å². The van der Waals surface area contributed by atoms with Crippen LogP contribution >= 0.6 is 24.0 Å². The molecule has 6 nitrogen and oxygen atoms in total. The molecule has 0 atom stereocenters. The largest absolute Gasteiger partial charge is 0.343 e. The number of para-hydroxylation sites is 1. The SMILES string of the molecule is CN1C(=O)/C(=C\c2cccn2Cc2ccccc2[N+](=O)[O-])SC1=S. The highest BCUT2D eigenvalue weighted by atomic mass is 32.2. The monoisotopic (exact) mass is 359 g/mol. The van der Waals surface area contributed by atoms with E-state index in [2.05, 4.69) is 0 Å². The van der Waals surface area contributed by atoms with E-state index in [-0.39, 0.29) is 16.5 Å². The molecule has 1 fully saturated rings. The number of thioether (sulfide) groups is 1.